The van der Waals surface area contributed by atoms with Gasteiger partial charge in [0.05, 0.1) is 60.8 Å². The van der Waals surface area contributed by atoms with Gasteiger partial charge in [0.1, 0.15) is 46.0 Å². The van der Waals surface area contributed by atoms with Gasteiger partial charge in [-0.1, -0.05) is 51.5 Å². The molecular formula is C71H69NO16. The Kier molecular flexibility index (Phi) is 24.2. The maximum atomic E-state index is 13.8. The summed E-state index contributed by atoms with van der Waals surface area (Å²) in [5, 5.41) is 1.80. The number of carbonyl (C=O) groups is 6. The SMILES string of the molecule is C=CC(=O)OCCCCCCOc1ccc(OC(=O)c2ccc(OC(=O)c3ccc4c(c3)nc(Oc3ccc(OCCCCCC)cc3)c3cc(C(=O)Oc5ccc(C(=O)Oc6ccc(OCCCCCCOC(=O)C=C)cc6)cc5)ccc34)cc2)cc1. The molecule has 0 amide bonds. The molecule has 8 rings (SSSR count). The predicted molar refractivity (Wildman–Crippen MR) is 331 cm³/mol. The Balaban J connectivity index is 0.882. The fourth-order valence-electron chi connectivity index (χ4n) is 8.89. The van der Waals surface area contributed by atoms with E-state index in [2.05, 4.69) is 20.1 Å². The summed E-state index contributed by atoms with van der Waals surface area (Å²) in [4.78, 5) is 80.8. The lowest BCUT2D eigenvalue weighted by Crippen LogP contribution is -2.11. The van der Waals surface area contributed by atoms with Gasteiger partial charge in [-0.2, -0.15) is 0 Å². The summed E-state index contributed by atoms with van der Waals surface area (Å²) >= 11 is 0. The van der Waals surface area contributed by atoms with Crippen LogP contribution in [-0.4, -0.2) is 73.8 Å². The Morgan fingerprint density at radius 3 is 1.09 bits per heavy atom. The van der Waals surface area contributed by atoms with Crippen LogP contribution in [0.15, 0.2) is 183 Å². The normalized spacial score (nSPS) is 10.8. The maximum absolute atomic E-state index is 13.8. The second-order valence-electron chi connectivity index (χ2n) is 20.2. The van der Waals surface area contributed by atoms with E-state index < -0.39 is 35.8 Å². The molecule has 0 aliphatic heterocycles. The smallest absolute Gasteiger partial charge is 0.343 e. The van der Waals surface area contributed by atoms with E-state index in [0.717, 1.165) is 89.2 Å². The van der Waals surface area contributed by atoms with E-state index in [-0.39, 0.29) is 39.6 Å². The van der Waals surface area contributed by atoms with Crippen LogP contribution < -0.4 is 37.9 Å². The Morgan fingerprint density at radius 1 is 0.352 bits per heavy atom. The molecule has 0 spiro atoms. The van der Waals surface area contributed by atoms with E-state index in [0.29, 0.717) is 89.2 Å². The second kappa shape index (κ2) is 33.4. The molecule has 17 nitrogen and oxygen atoms in total. The number of unbranched alkanes of at least 4 members (excludes halogenated alkanes) is 9. The summed E-state index contributed by atoms with van der Waals surface area (Å²) in [5.74, 6) is 0.131. The molecule has 0 saturated carbocycles. The topological polar surface area (TPSA) is 208 Å². The molecule has 0 aliphatic carbocycles. The maximum Gasteiger partial charge on any atom is 0.343 e. The van der Waals surface area contributed by atoms with Crippen molar-refractivity contribution in [2.24, 2.45) is 0 Å². The summed E-state index contributed by atoms with van der Waals surface area (Å²) < 4.78 is 56.7. The van der Waals surface area contributed by atoms with Gasteiger partial charge in [-0.15, -0.1) is 0 Å². The first-order chi connectivity index (χ1) is 42.9. The van der Waals surface area contributed by atoms with E-state index >= 15 is 0 Å². The summed E-state index contributed by atoms with van der Waals surface area (Å²) in [7, 11) is 0. The average molecular weight is 1190 g/mol. The summed E-state index contributed by atoms with van der Waals surface area (Å²) in [6.45, 7) is 11.2. The molecule has 8 aromatic rings. The van der Waals surface area contributed by atoms with E-state index in [1.54, 1.807) is 97.1 Å². The van der Waals surface area contributed by atoms with Crippen molar-refractivity contribution in [3.05, 3.63) is 205 Å². The van der Waals surface area contributed by atoms with Crippen LogP contribution in [0.1, 0.15) is 125 Å². The Bertz CT molecular complexity index is 3660. The highest BCUT2D eigenvalue weighted by Crippen LogP contribution is 2.36. The minimum absolute atomic E-state index is 0.145. The number of hydrogen-bond acceptors (Lipinski definition) is 17. The molecule has 0 fully saturated rings. The first kappa shape index (κ1) is 63.7. The molecule has 88 heavy (non-hydrogen) atoms. The zero-order valence-electron chi connectivity index (χ0n) is 49.1. The lowest BCUT2D eigenvalue weighted by Gasteiger charge is -2.14. The Morgan fingerprint density at radius 2 is 0.682 bits per heavy atom. The molecule has 0 N–H and O–H groups in total. The van der Waals surface area contributed by atoms with Crippen molar-refractivity contribution in [3.8, 4) is 51.9 Å². The number of nitrogens with zero attached hydrogens (tertiary/aromatic N) is 1. The van der Waals surface area contributed by atoms with Crippen molar-refractivity contribution in [1.82, 2.24) is 4.98 Å². The second-order valence-corrected chi connectivity index (χ2v) is 20.2. The zero-order valence-corrected chi connectivity index (χ0v) is 49.1. The molecule has 17 heteroatoms. The number of ether oxygens (including phenoxy) is 10. The van der Waals surface area contributed by atoms with Crippen LogP contribution >= 0.6 is 0 Å². The van der Waals surface area contributed by atoms with Gasteiger partial charge in [-0.3, -0.25) is 0 Å². The number of hydrogen-bond donors (Lipinski definition) is 0. The third-order valence-electron chi connectivity index (χ3n) is 13.6. The fraction of sp³-hybridized carbons (Fsp3) is 0.254. The van der Waals surface area contributed by atoms with E-state index in [4.69, 9.17) is 52.4 Å². The van der Waals surface area contributed by atoms with Gasteiger partial charge in [-0.25, -0.2) is 33.8 Å². The average Bonchev–Trinajstić information content (AvgIpc) is 2.49. The highest BCUT2D eigenvalue weighted by atomic mass is 16.6. The Hall–Kier alpha value is -10.3. The van der Waals surface area contributed by atoms with Gasteiger partial charge >= 0.3 is 35.8 Å². The van der Waals surface area contributed by atoms with E-state index in [9.17, 15) is 28.8 Å². The number of esters is 6. The molecule has 0 bridgehead atoms. The highest BCUT2D eigenvalue weighted by molar-refractivity contribution is 6.11. The lowest BCUT2D eigenvalue weighted by molar-refractivity contribution is -0.138. The number of benzene rings is 7. The molecule has 1 aromatic heterocycles. The predicted octanol–water partition coefficient (Wildman–Crippen LogP) is 15.4. The van der Waals surface area contributed by atoms with Crippen molar-refractivity contribution in [1.29, 1.82) is 0 Å². The van der Waals surface area contributed by atoms with Crippen LogP contribution in [0.4, 0.5) is 0 Å². The van der Waals surface area contributed by atoms with Crippen molar-refractivity contribution in [3.63, 3.8) is 0 Å². The van der Waals surface area contributed by atoms with Crippen molar-refractivity contribution >= 4 is 57.5 Å². The minimum Gasteiger partial charge on any atom is -0.494 e. The highest BCUT2D eigenvalue weighted by Gasteiger charge is 2.20. The molecule has 1 heterocycles. The first-order valence-electron chi connectivity index (χ1n) is 29.4. The fourth-order valence-corrected chi connectivity index (χ4v) is 8.89. The number of rotatable bonds is 34. The van der Waals surface area contributed by atoms with Crippen molar-refractivity contribution in [2.75, 3.05) is 33.0 Å². The van der Waals surface area contributed by atoms with Gasteiger partial charge in [0.2, 0.25) is 5.88 Å². The summed E-state index contributed by atoms with van der Waals surface area (Å²) in [6.07, 6.45) is 13.4. The molecule has 0 aliphatic rings. The quantitative estimate of drug-likeness (QED) is 0.0121. The molecular weight excluding hydrogens is 1120 g/mol. The third kappa shape index (κ3) is 19.6. The van der Waals surface area contributed by atoms with Crippen LogP contribution in [0.5, 0.6) is 51.9 Å². The molecule has 7 aromatic carbocycles. The number of carbonyl (C=O) groups excluding carboxylic acids is 6. The molecule has 0 unspecified atom stereocenters. The van der Waals surface area contributed by atoms with Crippen LogP contribution in [0.25, 0.3) is 21.7 Å². The van der Waals surface area contributed by atoms with Crippen LogP contribution in [-0.2, 0) is 19.1 Å². The van der Waals surface area contributed by atoms with Crippen LogP contribution in [0, 0.1) is 0 Å². The van der Waals surface area contributed by atoms with Crippen molar-refractivity contribution in [2.45, 2.75) is 84.0 Å². The standard InChI is InChI=1S/C71H69NO16/c1-4-7-8-13-42-79-53-28-34-56(35-29-53)84-67-63-47-51(70(77)87-57-24-18-49(19-25-57)68(75)85-59-36-30-54(31-37-59)80-43-14-9-11-16-45-82-65(73)5-2)22-40-61(63)62-41-23-52(48-64(62)72-67)71(78)88-58-26-20-50(21-27-58)69(76)86-60-38-32-55(33-39-60)81-44-15-10-12-17-46-83-66(74)6-3/h5-6,18-41,47-48H,2-4,7-17,42-46H2,1H3. The van der Waals surface area contributed by atoms with Gasteiger partial charge in [0, 0.05) is 22.9 Å². The van der Waals surface area contributed by atoms with Gasteiger partial charge in [0.25, 0.3) is 0 Å². The van der Waals surface area contributed by atoms with E-state index in [1.807, 2.05) is 12.1 Å². The largest absolute Gasteiger partial charge is 0.494 e. The number of fused-ring (bicyclic) bond motifs is 3. The van der Waals surface area contributed by atoms with Gasteiger partial charge in [-0.05, 0) is 209 Å². The van der Waals surface area contributed by atoms with Crippen LogP contribution in [0.2, 0.25) is 0 Å². The summed E-state index contributed by atoms with van der Waals surface area (Å²) in [6, 6.07) is 42.5. The zero-order chi connectivity index (χ0) is 61.9. The molecule has 454 valence electrons. The van der Waals surface area contributed by atoms with Crippen molar-refractivity contribution < 1.29 is 76.1 Å². The third-order valence-corrected chi connectivity index (χ3v) is 13.6. The number of pyridine rings is 1. The minimum atomic E-state index is -0.681. The number of aromatic nitrogens is 1. The first-order valence-corrected chi connectivity index (χ1v) is 29.4. The lowest BCUT2D eigenvalue weighted by atomic mass is 10.0. The van der Waals surface area contributed by atoms with Gasteiger partial charge < -0.3 is 47.4 Å². The van der Waals surface area contributed by atoms with Crippen LogP contribution in [0.3, 0.4) is 0 Å². The molecule has 0 atom stereocenters. The summed E-state index contributed by atoms with van der Waals surface area (Å²) in [5.41, 5.74) is 1.24. The van der Waals surface area contributed by atoms with E-state index in [1.165, 1.54) is 48.5 Å². The molecule has 0 saturated heterocycles. The van der Waals surface area contributed by atoms with Gasteiger partial charge in [0.15, 0.2) is 0 Å². The monoisotopic (exact) mass is 1190 g/mol. The Labute approximate surface area is 510 Å². The molecule has 0 radical (unpaired) electrons.